The molecule has 0 N–H and O–H groups in total. The van der Waals surface area contributed by atoms with E-state index in [4.69, 9.17) is 0 Å². The minimum Gasteiger partial charge on any atom is -0.364 e. The highest BCUT2D eigenvalue weighted by Crippen LogP contribution is 2.24. The second-order valence-corrected chi connectivity index (χ2v) is 4.73. The van der Waals surface area contributed by atoms with Crippen LogP contribution in [0, 0.1) is 0 Å². The lowest BCUT2D eigenvalue weighted by molar-refractivity contribution is 0.0725. The minimum atomic E-state index is -0.0504. The number of fused-ring (bicyclic) bond motifs is 1. The second-order valence-electron chi connectivity index (χ2n) is 3.73. The van der Waals surface area contributed by atoms with E-state index in [2.05, 4.69) is 21.1 Å². The highest BCUT2D eigenvalue weighted by Gasteiger charge is 2.23. The average Bonchev–Trinajstić information content (AvgIpc) is 2.98. The van der Waals surface area contributed by atoms with Crippen LogP contribution >= 0.6 is 11.3 Å². The van der Waals surface area contributed by atoms with Gasteiger partial charge in [0.25, 0.3) is 5.91 Å². The van der Waals surface area contributed by atoms with Gasteiger partial charge in [0.15, 0.2) is 5.69 Å². The molecule has 4 nitrogen and oxygen atoms in total. The first kappa shape index (κ1) is 9.59. The molecule has 3 rings (SSSR count). The largest absolute Gasteiger partial charge is 0.364 e. The van der Waals surface area contributed by atoms with Gasteiger partial charge in [-0.2, -0.15) is 0 Å². The normalized spacial score (nSPS) is 14.9. The molecule has 0 aromatic carbocycles. The Bertz CT molecular complexity index is 504. The lowest BCUT2D eigenvalue weighted by atomic mass is 10.1. The summed E-state index contributed by atoms with van der Waals surface area (Å²) in [6, 6.07) is 3.69. The van der Waals surface area contributed by atoms with E-state index in [1.165, 1.54) is 16.7 Å². The zero-order valence-corrected chi connectivity index (χ0v) is 9.37. The van der Waals surface area contributed by atoms with Crippen LogP contribution < -0.4 is 0 Å². The first-order valence-corrected chi connectivity index (χ1v) is 5.97. The van der Waals surface area contributed by atoms with Crippen LogP contribution in [0.25, 0.3) is 0 Å². The molecule has 0 fully saturated rings. The van der Waals surface area contributed by atoms with E-state index in [9.17, 15) is 4.79 Å². The van der Waals surface area contributed by atoms with Gasteiger partial charge in [-0.3, -0.25) is 4.79 Å². The molecular weight excluding hydrogens is 224 g/mol. The molecule has 0 unspecified atom stereocenters. The van der Waals surface area contributed by atoms with Crippen LogP contribution in [0.4, 0.5) is 0 Å². The van der Waals surface area contributed by atoms with E-state index in [-0.39, 0.29) is 5.91 Å². The van der Waals surface area contributed by atoms with Crippen LogP contribution in [0.3, 0.4) is 0 Å². The van der Waals surface area contributed by atoms with Crippen molar-refractivity contribution in [1.29, 1.82) is 0 Å². The third-order valence-electron chi connectivity index (χ3n) is 2.75. The summed E-state index contributed by atoms with van der Waals surface area (Å²) >= 11 is 1.76. The minimum absolute atomic E-state index is 0.0504. The van der Waals surface area contributed by atoms with E-state index in [1.807, 2.05) is 4.90 Å². The van der Waals surface area contributed by atoms with E-state index in [1.54, 1.807) is 17.4 Å². The number of aromatic nitrogens is 1. The maximum absolute atomic E-state index is 12.0. The molecule has 1 aliphatic heterocycles. The smallest absolute Gasteiger partial charge is 0.276 e. The molecule has 3 heterocycles. The van der Waals surface area contributed by atoms with E-state index < -0.39 is 0 Å². The average molecular weight is 234 g/mol. The van der Waals surface area contributed by atoms with Crippen molar-refractivity contribution in [2.45, 2.75) is 13.0 Å². The van der Waals surface area contributed by atoms with Crippen molar-refractivity contribution in [1.82, 2.24) is 10.1 Å². The molecule has 1 aliphatic rings. The Labute approximate surface area is 96.5 Å². The Hall–Kier alpha value is -1.62. The quantitative estimate of drug-likeness (QED) is 0.757. The van der Waals surface area contributed by atoms with Gasteiger partial charge in [0.2, 0.25) is 0 Å². The van der Waals surface area contributed by atoms with E-state index in [0.29, 0.717) is 12.2 Å². The van der Waals surface area contributed by atoms with Gasteiger partial charge in [-0.15, -0.1) is 11.3 Å². The molecular formula is C11H10N2O2S. The summed E-state index contributed by atoms with van der Waals surface area (Å²) in [4.78, 5) is 15.2. The summed E-state index contributed by atoms with van der Waals surface area (Å²) in [5, 5.41) is 5.75. The number of rotatable bonds is 1. The highest BCUT2D eigenvalue weighted by atomic mass is 32.1. The van der Waals surface area contributed by atoms with Crippen LogP contribution in [-0.2, 0) is 13.0 Å². The van der Waals surface area contributed by atoms with Crippen molar-refractivity contribution in [2.75, 3.05) is 6.54 Å². The molecule has 0 saturated carbocycles. The summed E-state index contributed by atoms with van der Waals surface area (Å²) in [5.41, 5.74) is 1.65. The Balaban J connectivity index is 1.81. The summed E-state index contributed by atoms with van der Waals surface area (Å²) < 4.78 is 4.69. The van der Waals surface area contributed by atoms with Gasteiger partial charge in [-0.25, -0.2) is 0 Å². The van der Waals surface area contributed by atoms with Gasteiger partial charge in [-0.05, 0) is 23.4 Å². The van der Waals surface area contributed by atoms with Crippen LogP contribution in [0.15, 0.2) is 28.3 Å². The van der Waals surface area contributed by atoms with Crippen molar-refractivity contribution in [3.63, 3.8) is 0 Å². The third-order valence-corrected chi connectivity index (χ3v) is 3.77. The van der Waals surface area contributed by atoms with Crippen LogP contribution in [0.5, 0.6) is 0 Å². The SMILES string of the molecule is O=C(c1ccon1)N1CCc2sccc2C1. The topological polar surface area (TPSA) is 46.3 Å². The molecule has 0 bridgehead atoms. The summed E-state index contributed by atoms with van der Waals surface area (Å²) in [6.45, 7) is 1.45. The van der Waals surface area contributed by atoms with Crippen molar-refractivity contribution >= 4 is 17.2 Å². The number of carbonyl (C=O) groups excluding carboxylic acids is 1. The van der Waals surface area contributed by atoms with Crippen LogP contribution in [-0.4, -0.2) is 22.5 Å². The maximum Gasteiger partial charge on any atom is 0.276 e. The predicted octanol–water partition coefficient (Wildman–Crippen LogP) is 1.93. The van der Waals surface area contributed by atoms with Crippen LogP contribution in [0.2, 0.25) is 0 Å². The highest BCUT2D eigenvalue weighted by molar-refractivity contribution is 7.10. The van der Waals surface area contributed by atoms with Gasteiger partial charge in [0, 0.05) is 24.0 Å². The molecule has 0 atom stereocenters. The second kappa shape index (κ2) is 3.75. The molecule has 0 radical (unpaired) electrons. The molecule has 0 saturated heterocycles. The maximum atomic E-state index is 12.0. The molecule has 2 aromatic rings. The number of thiophene rings is 1. The number of nitrogens with zero attached hydrogens (tertiary/aromatic N) is 2. The first-order chi connectivity index (χ1) is 7.84. The van der Waals surface area contributed by atoms with E-state index in [0.717, 1.165) is 13.0 Å². The molecule has 82 valence electrons. The molecule has 0 spiro atoms. The van der Waals surface area contributed by atoms with Crippen molar-refractivity contribution in [2.24, 2.45) is 0 Å². The molecule has 0 aliphatic carbocycles. The van der Waals surface area contributed by atoms with Gasteiger partial charge in [0.1, 0.15) is 6.26 Å². The summed E-state index contributed by atoms with van der Waals surface area (Å²) in [5.74, 6) is -0.0504. The zero-order chi connectivity index (χ0) is 11.0. The van der Waals surface area contributed by atoms with Crippen molar-refractivity contribution in [3.8, 4) is 0 Å². The fraction of sp³-hybridized carbons (Fsp3) is 0.273. The lowest BCUT2D eigenvalue weighted by Gasteiger charge is -2.26. The third kappa shape index (κ3) is 1.53. The lowest BCUT2D eigenvalue weighted by Crippen LogP contribution is -2.35. The zero-order valence-electron chi connectivity index (χ0n) is 8.55. The van der Waals surface area contributed by atoms with Crippen LogP contribution in [0.1, 0.15) is 20.9 Å². The standard InChI is InChI=1S/C11H10N2O2S/c14-11(9-2-5-15-12-9)13-4-1-10-8(7-13)3-6-16-10/h2-3,5-6H,1,4,7H2. The molecule has 2 aromatic heterocycles. The van der Waals surface area contributed by atoms with Crippen molar-refractivity contribution < 1.29 is 9.32 Å². The van der Waals surface area contributed by atoms with E-state index >= 15 is 0 Å². The molecule has 1 amide bonds. The Morgan fingerprint density at radius 3 is 3.25 bits per heavy atom. The number of hydrogen-bond acceptors (Lipinski definition) is 4. The monoisotopic (exact) mass is 234 g/mol. The Morgan fingerprint density at radius 1 is 1.50 bits per heavy atom. The van der Waals surface area contributed by atoms with Gasteiger partial charge >= 0.3 is 0 Å². The van der Waals surface area contributed by atoms with Gasteiger partial charge in [-0.1, -0.05) is 5.16 Å². The summed E-state index contributed by atoms with van der Waals surface area (Å²) in [6.07, 6.45) is 2.36. The Morgan fingerprint density at radius 2 is 2.44 bits per heavy atom. The molecule has 16 heavy (non-hydrogen) atoms. The number of carbonyl (C=O) groups is 1. The summed E-state index contributed by atoms with van der Waals surface area (Å²) in [7, 11) is 0. The van der Waals surface area contributed by atoms with Gasteiger partial charge in [0.05, 0.1) is 0 Å². The predicted molar refractivity (Wildman–Crippen MR) is 59.3 cm³/mol. The van der Waals surface area contributed by atoms with Gasteiger partial charge < -0.3 is 9.42 Å². The first-order valence-electron chi connectivity index (χ1n) is 5.09. The number of amides is 1. The molecule has 5 heteroatoms. The fourth-order valence-electron chi connectivity index (χ4n) is 1.91. The number of hydrogen-bond donors (Lipinski definition) is 0. The fourth-order valence-corrected chi connectivity index (χ4v) is 2.80. The van der Waals surface area contributed by atoms with Crippen molar-refractivity contribution in [3.05, 3.63) is 39.9 Å². The Kier molecular flexibility index (Phi) is 2.25.